The third-order valence-electron chi connectivity index (χ3n) is 3.66. The minimum atomic E-state index is 0.986. The van der Waals surface area contributed by atoms with Gasteiger partial charge >= 0.3 is 0 Å². The van der Waals surface area contributed by atoms with E-state index in [1.54, 1.807) is 11.3 Å². The van der Waals surface area contributed by atoms with Crippen LogP contribution in [0.4, 0.5) is 5.00 Å². The number of hydrogen-bond acceptors (Lipinski definition) is 5. The predicted octanol–water partition coefficient (Wildman–Crippen LogP) is 3.71. The summed E-state index contributed by atoms with van der Waals surface area (Å²) in [6, 6.07) is 8.37. The predicted molar refractivity (Wildman–Crippen MR) is 87.9 cm³/mol. The van der Waals surface area contributed by atoms with Crippen LogP contribution in [0.2, 0.25) is 0 Å². The number of fused-ring (bicyclic) bond motifs is 2. The molecule has 0 unspecified atom stereocenters. The summed E-state index contributed by atoms with van der Waals surface area (Å²) in [5, 5.41) is 9.20. The fraction of sp³-hybridized carbons (Fsp3) is 0.267. The molecule has 0 spiro atoms. The molecule has 2 N–H and O–H groups in total. The number of aromatic nitrogens is 1. The molecule has 0 saturated carbocycles. The lowest BCUT2D eigenvalue weighted by molar-refractivity contribution is 0.655. The van der Waals surface area contributed by atoms with Crippen molar-refractivity contribution in [2.45, 2.75) is 13.0 Å². The molecular formula is C15H15N3S2. The molecule has 1 aliphatic heterocycles. The van der Waals surface area contributed by atoms with Crippen LogP contribution in [0.15, 0.2) is 24.3 Å². The molecule has 0 fully saturated rings. The van der Waals surface area contributed by atoms with E-state index in [0.29, 0.717) is 0 Å². The first kappa shape index (κ1) is 12.3. The third-order valence-corrected chi connectivity index (χ3v) is 5.97. The second-order valence-corrected chi connectivity index (χ2v) is 7.01. The standard InChI is InChI=1S/C15H15N3S2/c1-16-14-13(9-6-7-17-8-12(9)20-14)15-18-10-4-2-3-5-11(10)19-15/h2-5,16-17H,6-8H2,1H3. The van der Waals surface area contributed by atoms with Crippen molar-refractivity contribution in [3.8, 4) is 10.6 Å². The molecule has 3 aromatic rings. The number of benzene rings is 1. The van der Waals surface area contributed by atoms with Crippen LogP contribution in [0.25, 0.3) is 20.8 Å². The lowest BCUT2D eigenvalue weighted by atomic mass is 10.0. The molecule has 102 valence electrons. The van der Waals surface area contributed by atoms with E-state index < -0.39 is 0 Å². The maximum atomic E-state index is 4.84. The zero-order valence-electron chi connectivity index (χ0n) is 11.2. The van der Waals surface area contributed by atoms with Crippen molar-refractivity contribution < 1.29 is 0 Å². The summed E-state index contributed by atoms with van der Waals surface area (Å²) in [7, 11) is 2.00. The fourth-order valence-corrected chi connectivity index (χ4v) is 5.00. The summed E-state index contributed by atoms with van der Waals surface area (Å²) in [5.41, 5.74) is 3.91. The lowest BCUT2D eigenvalue weighted by Gasteiger charge is -2.13. The highest BCUT2D eigenvalue weighted by Crippen LogP contribution is 2.44. The van der Waals surface area contributed by atoms with Crippen LogP contribution < -0.4 is 10.6 Å². The van der Waals surface area contributed by atoms with Crippen molar-refractivity contribution in [3.05, 3.63) is 34.7 Å². The maximum absolute atomic E-state index is 4.84. The number of thiazole rings is 1. The van der Waals surface area contributed by atoms with Crippen LogP contribution in [0.1, 0.15) is 10.4 Å². The van der Waals surface area contributed by atoms with Gasteiger partial charge in [-0.25, -0.2) is 4.98 Å². The Hall–Kier alpha value is -1.43. The maximum Gasteiger partial charge on any atom is 0.127 e. The monoisotopic (exact) mass is 301 g/mol. The van der Waals surface area contributed by atoms with Crippen LogP contribution in [0.5, 0.6) is 0 Å². The molecule has 0 saturated heterocycles. The van der Waals surface area contributed by atoms with Crippen molar-refractivity contribution in [2.24, 2.45) is 0 Å². The smallest absolute Gasteiger partial charge is 0.127 e. The van der Waals surface area contributed by atoms with Crippen molar-refractivity contribution in [1.29, 1.82) is 0 Å². The highest BCUT2D eigenvalue weighted by Gasteiger charge is 2.23. The first-order valence-corrected chi connectivity index (χ1v) is 8.39. The summed E-state index contributed by atoms with van der Waals surface area (Å²) < 4.78 is 1.26. The first-order chi connectivity index (χ1) is 9.86. The molecule has 20 heavy (non-hydrogen) atoms. The van der Waals surface area contributed by atoms with Gasteiger partial charge in [-0.2, -0.15) is 0 Å². The van der Waals surface area contributed by atoms with Crippen molar-refractivity contribution >= 4 is 37.9 Å². The van der Waals surface area contributed by atoms with Crippen LogP contribution in [-0.4, -0.2) is 18.6 Å². The first-order valence-electron chi connectivity index (χ1n) is 6.76. The number of nitrogens with one attached hydrogen (secondary N) is 2. The van der Waals surface area contributed by atoms with E-state index in [1.807, 2.05) is 18.4 Å². The van der Waals surface area contributed by atoms with Gasteiger partial charge in [0.1, 0.15) is 5.01 Å². The average molecular weight is 301 g/mol. The SMILES string of the molecule is CNc1sc2c(c1-c1nc3ccccc3s1)CCNC2. The lowest BCUT2D eigenvalue weighted by Crippen LogP contribution is -2.22. The molecule has 0 bridgehead atoms. The van der Waals surface area contributed by atoms with Gasteiger partial charge in [-0.1, -0.05) is 12.1 Å². The van der Waals surface area contributed by atoms with E-state index in [0.717, 1.165) is 30.0 Å². The van der Waals surface area contributed by atoms with Gasteiger partial charge in [-0.15, -0.1) is 22.7 Å². The van der Waals surface area contributed by atoms with E-state index in [9.17, 15) is 0 Å². The van der Waals surface area contributed by atoms with E-state index in [4.69, 9.17) is 4.98 Å². The molecule has 2 aromatic heterocycles. The van der Waals surface area contributed by atoms with Gasteiger partial charge < -0.3 is 10.6 Å². The minimum absolute atomic E-state index is 0.986. The van der Waals surface area contributed by atoms with Gasteiger partial charge in [0.2, 0.25) is 0 Å². The number of para-hydroxylation sites is 1. The van der Waals surface area contributed by atoms with Gasteiger partial charge in [0.15, 0.2) is 0 Å². The zero-order chi connectivity index (χ0) is 13.5. The molecule has 1 aromatic carbocycles. The fourth-order valence-electron chi connectivity index (χ4n) is 2.72. The van der Waals surface area contributed by atoms with Crippen molar-refractivity contribution in [1.82, 2.24) is 10.3 Å². The Labute approximate surface area is 125 Å². The summed E-state index contributed by atoms with van der Waals surface area (Å²) in [6.07, 6.45) is 1.10. The molecule has 0 radical (unpaired) electrons. The molecule has 0 amide bonds. The minimum Gasteiger partial charge on any atom is -0.379 e. The van der Waals surface area contributed by atoms with Gasteiger partial charge in [-0.05, 0) is 30.7 Å². The molecule has 3 heterocycles. The molecule has 1 aliphatic rings. The Morgan fingerprint density at radius 1 is 1.25 bits per heavy atom. The highest BCUT2D eigenvalue weighted by molar-refractivity contribution is 7.22. The Bertz CT molecular complexity index is 740. The van der Waals surface area contributed by atoms with E-state index >= 15 is 0 Å². The Morgan fingerprint density at radius 2 is 2.15 bits per heavy atom. The van der Waals surface area contributed by atoms with Crippen molar-refractivity contribution in [3.63, 3.8) is 0 Å². The molecule has 3 nitrogen and oxygen atoms in total. The van der Waals surface area contributed by atoms with E-state index in [-0.39, 0.29) is 0 Å². The summed E-state index contributed by atoms with van der Waals surface area (Å²) in [4.78, 5) is 6.29. The number of nitrogens with zero attached hydrogens (tertiary/aromatic N) is 1. The second-order valence-electron chi connectivity index (χ2n) is 4.87. The second kappa shape index (κ2) is 4.84. The number of anilines is 1. The van der Waals surface area contributed by atoms with Crippen LogP contribution in [0, 0.1) is 0 Å². The Balaban J connectivity index is 1.94. The Morgan fingerprint density at radius 3 is 3.00 bits per heavy atom. The van der Waals surface area contributed by atoms with Crippen LogP contribution in [-0.2, 0) is 13.0 Å². The summed E-state index contributed by atoms with van der Waals surface area (Å²) >= 11 is 3.65. The Kier molecular flexibility index (Phi) is 2.98. The molecule has 4 rings (SSSR count). The highest BCUT2D eigenvalue weighted by atomic mass is 32.1. The van der Waals surface area contributed by atoms with Gasteiger partial charge in [0, 0.05) is 24.0 Å². The molecule has 0 aliphatic carbocycles. The van der Waals surface area contributed by atoms with Gasteiger partial charge in [0.25, 0.3) is 0 Å². The van der Waals surface area contributed by atoms with E-state index in [1.165, 1.54) is 25.7 Å². The normalized spacial score (nSPS) is 14.4. The topological polar surface area (TPSA) is 37.0 Å². The third kappa shape index (κ3) is 1.85. The van der Waals surface area contributed by atoms with Crippen molar-refractivity contribution in [2.75, 3.05) is 18.9 Å². The molecule has 5 heteroatoms. The number of rotatable bonds is 2. The quantitative estimate of drug-likeness (QED) is 0.757. The van der Waals surface area contributed by atoms with Gasteiger partial charge in [0.05, 0.1) is 15.2 Å². The van der Waals surface area contributed by atoms with Gasteiger partial charge in [-0.3, -0.25) is 0 Å². The largest absolute Gasteiger partial charge is 0.379 e. The summed E-state index contributed by atoms with van der Waals surface area (Å²) in [5.74, 6) is 0. The average Bonchev–Trinajstić information content (AvgIpc) is 3.07. The molecule has 0 atom stereocenters. The molecular weight excluding hydrogens is 286 g/mol. The number of hydrogen-bond donors (Lipinski definition) is 2. The van der Waals surface area contributed by atoms with Crippen LogP contribution >= 0.6 is 22.7 Å². The summed E-state index contributed by atoms with van der Waals surface area (Å²) in [6.45, 7) is 2.05. The zero-order valence-corrected chi connectivity index (χ0v) is 12.8. The number of thiophene rings is 1. The van der Waals surface area contributed by atoms with Crippen LogP contribution in [0.3, 0.4) is 0 Å². The van der Waals surface area contributed by atoms with E-state index in [2.05, 4.69) is 34.9 Å².